The molecule has 7 heteroatoms. The minimum absolute atomic E-state index is 0.0693. The van der Waals surface area contributed by atoms with Crippen LogP contribution in [0.25, 0.3) is 5.76 Å². The summed E-state index contributed by atoms with van der Waals surface area (Å²) in [6, 6.07) is 22.8. The number of rotatable bonds is 11. The highest BCUT2D eigenvalue weighted by atomic mass is 16.5. The van der Waals surface area contributed by atoms with Gasteiger partial charge in [-0.1, -0.05) is 44.2 Å². The summed E-state index contributed by atoms with van der Waals surface area (Å²) in [5.74, 6) is 0.361. The number of aliphatic hydroxyl groups excluding tert-OH is 1. The Bertz CT molecular complexity index is 1280. The molecule has 4 rings (SSSR count). The Morgan fingerprint density at radius 3 is 2.24 bits per heavy atom. The van der Waals surface area contributed by atoms with Crippen molar-refractivity contribution in [3.63, 3.8) is 0 Å². The molecule has 7 nitrogen and oxygen atoms in total. The van der Waals surface area contributed by atoms with Crippen molar-refractivity contribution in [1.82, 2.24) is 9.80 Å². The number of likely N-dealkylation sites (tertiary alicyclic amines) is 1. The van der Waals surface area contributed by atoms with Gasteiger partial charge in [-0.25, -0.2) is 0 Å². The molecule has 1 aliphatic rings. The van der Waals surface area contributed by atoms with Crippen LogP contribution in [-0.2, 0) is 9.59 Å². The zero-order valence-electron chi connectivity index (χ0n) is 22.1. The van der Waals surface area contributed by atoms with E-state index in [1.807, 2.05) is 54.6 Å². The first-order valence-electron chi connectivity index (χ1n) is 12.9. The number of nitrogens with zero attached hydrogens (tertiary/aromatic N) is 2. The highest BCUT2D eigenvalue weighted by Crippen LogP contribution is 2.40. The molecule has 1 saturated heterocycles. The van der Waals surface area contributed by atoms with Gasteiger partial charge in [0.05, 0.1) is 18.7 Å². The fourth-order valence-electron chi connectivity index (χ4n) is 4.74. The van der Waals surface area contributed by atoms with E-state index in [1.54, 1.807) is 36.3 Å². The summed E-state index contributed by atoms with van der Waals surface area (Å²) >= 11 is 0. The van der Waals surface area contributed by atoms with Crippen molar-refractivity contribution >= 4 is 17.4 Å². The average molecular weight is 515 g/mol. The lowest BCUT2D eigenvalue weighted by Gasteiger charge is -2.27. The highest BCUT2D eigenvalue weighted by Gasteiger charge is 2.46. The lowest BCUT2D eigenvalue weighted by Crippen LogP contribution is -2.33. The standard InChI is InChI=1S/C31H34N2O5/c1-4-32(5-2)19-10-20-33-28(23-11-9-14-26(21-23)38-25-12-7-6-8-13-25)27(30(35)31(33)36)29(34)22-15-17-24(37-3)18-16-22/h6-9,11-18,21,28,34H,4-5,10,19-20H2,1-3H3/t28-/m1/s1. The Morgan fingerprint density at radius 1 is 0.895 bits per heavy atom. The molecule has 3 aromatic carbocycles. The predicted octanol–water partition coefficient (Wildman–Crippen LogP) is 5.64. The summed E-state index contributed by atoms with van der Waals surface area (Å²) in [5.41, 5.74) is 1.20. The SMILES string of the molecule is CCN(CC)CCCN1C(=O)C(=O)C(=C(O)c2ccc(OC)cc2)[C@H]1c1cccc(Oc2ccccc2)c1. The van der Waals surface area contributed by atoms with Gasteiger partial charge in [-0.2, -0.15) is 0 Å². The van der Waals surface area contributed by atoms with Gasteiger partial charge in [0.15, 0.2) is 0 Å². The molecular formula is C31H34N2O5. The highest BCUT2D eigenvalue weighted by molar-refractivity contribution is 6.46. The molecule has 198 valence electrons. The Labute approximate surface area is 223 Å². The summed E-state index contributed by atoms with van der Waals surface area (Å²) < 4.78 is 11.2. The summed E-state index contributed by atoms with van der Waals surface area (Å²) in [7, 11) is 1.56. The van der Waals surface area contributed by atoms with Crippen LogP contribution < -0.4 is 9.47 Å². The fraction of sp³-hybridized carbons (Fsp3) is 0.290. The smallest absolute Gasteiger partial charge is 0.295 e. The van der Waals surface area contributed by atoms with Gasteiger partial charge < -0.3 is 24.4 Å². The van der Waals surface area contributed by atoms with Crippen molar-refractivity contribution in [2.75, 3.05) is 33.3 Å². The maximum Gasteiger partial charge on any atom is 0.295 e. The molecule has 0 saturated carbocycles. The summed E-state index contributed by atoms with van der Waals surface area (Å²) in [4.78, 5) is 30.5. The molecule has 1 fully saturated rings. The van der Waals surface area contributed by atoms with Crippen molar-refractivity contribution < 1.29 is 24.2 Å². The number of aliphatic hydroxyl groups is 1. The first kappa shape index (κ1) is 26.9. The third-order valence-electron chi connectivity index (χ3n) is 6.82. The fourth-order valence-corrected chi connectivity index (χ4v) is 4.74. The van der Waals surface area contributed by atoms with Crippen LogP contribution in [0.1, 0.15) is 37.4 Å². The number of hydrogen-bond acceptors (Lipinski definition) is 6. The van der Waals surface area contributed by atoms with Crippen molar-refractivity contribution in [2.45, 2.75) is 26.3 Å². The number of carbonyl (C=O) groups is 2. The number of hydrogen-bond donors (Lipinski definition) is 1. The number of benzene rings is 3. The topological polar surface area (TPSA) is 79.3 Å². The number of Topliss-reactive ketones (excluding diaryl/α,β-unsaturated/α-hetero) is 1. The Hall–Kier alpha value is -4.10. The van der Waals surface area contributed by atoms with Gasteiger partial charge in [0.2, 0.25) is 0 Å². The maximum absolute atomic E-state index is 13.3. The van der Waals surface area contributed by atoms with Crippen LogP contribution in [0.3, 0.4) is 0 Å². The van der Waals surface area contributed by atoms with Gasteiger partial charge in [0.25, 0.3) is 11.7 Å². The van der Waals surface area contributed by atoms with E-state index in [2.05, 4.69) is 18.7 Å². The molecule has 0 unspecified atom stereocenters. The normalized spacial score (nSPS) is 16.7. The molecule has 1 N–H and O–H groups in total. The van der Waals surface area contributed by atoms with Crippen molar-refractivity contribution in [3.05, 3.63) is 95.6 Å². The van der Waals surface area contributed by atoms with E-state index in [1.165, 1.54) is 0 Å². The van der Waals surface area contributed by atoms with Crippen LogP contribution in [0.2, 0.25) is 0 Å². The summed E-state index contributed by atoms with van der Waals surface area (Å²) in [6.07, 6.45) is 0.702. The Kier molecular flexibility index (Phi) is 8.81. The number of para-hydroxylation sites is 1. The van der Waals surface area contributed by atoms with Gasteiger partial charge in [0.1, 0.15) is 23.0 Å². The van der Waals surface area contributed by atoms with Crippen LogP contribution in [-0.4, -0.2) is 59.9 Å². The maximum atomic E-state index is 13.3. The Morgan fingerprint density at radius 2 is 1.58 bits per heavy atom. The number of methoxy groups -OCH3 is 1. The zero-order valence-corrected chi connectivity index (χ0v) is 22.1. The molecule has 0 spiro atoms. The van der Waals surface area contributed by atoms with Crippen molar-refractivity contribution in [1.29, 1.82) is 0 Å². The van der Waals surface area contributed by atoms with Crippen molar-refractivity contribution in [2.24, 2.45) is 0 Å². The van der Waals surface area contributed by atoms with Crippen LogP contribution in [0.15, 0.2) is 84.4 Å². The molecule has 3 aromatic rings. The number of ketones is 1. The van der Waals surface area contributed by atoms with Crippen molar-refractivity contribution in [3.8, 4) is 17.2 Å². The molecule has 1 amide bonds. The van der Waals surface area contributed by atoms with E-state index in [0.717, 1.165) is 19.6 Å². The van der Waals surface area contributed by atoms with Gasteiger partial charge in [-0.15, -0.1) is 0 Å². The van der Waals surface area contributed by atoms with E-state index < -0.39 is 17.7 Å². The average Bonchev–Trinajstić information content (AvgIpc) is 3.21. The lowest BCUT2D eigenvalue weighted by molar-refractivity contribution is -0.140. The quantitative estimate of drug-likeness (QED) is 0.203. The molecular weight excluding hydrogens is 480 g/mol. The third kappa shape index (κ3) is 5.89. The van der Waals surface area contributed by atoms with Crippen LogP contribution in [0, 0.1) is 0 Å². The van der Waals surface area contributed by atoms with Gasteiger partial charge in [-0.05, 0) is 80.1 Å². The van der Waals surface area contributed by atoms with Gasteiger partial charge in [-0.3, -0.25) is 9.59 Å². The molecule has 0 aliphatic carbocycles. The Balaban J connectivity index is 1.73. The van der Waals surface area contributed by atoms with Crippen LogP contribution in [0.4, 0.5) is 0 Å². The van der Waals surface area contributed by atoms with Gasteiger partial charge in [0, 0.05) is 12.1 Å². The largest absolute Gasteiger partial charge is 0.507 e. The summed E-state index contributed by atoms with van der Waals surface area (Å²) in [6.45, 7) is 7.21. The summed E-state index contributed by atoms with van der Waals surface area (Å²) in [5, 5.41) is 11.3. The molecule has 0 radical (unpaired) electrons. The van der Waals surface area contributed by atoms with Gasteiger partial charge >= 0.3 is 0 Å². The number of carbonyl (C=O) groups excluding carboxylic acids is 2. The number of ether oxygens (including phenoxy) is 2. The second-order valence-corrected chi connectivity index (χ2v) is 9.09. The van der Waals surface area contributed by atoms with E-state index >= 15 is 0 Å². The molecule has 1 heterocycles. The molecule has 1 atom stereocenters. The minimum Gasteiger partial charge on any atom is -0.507 e. The zero-order chi connectivity index (χ0) is 27.1. The second-order valence-electron chi connectivity index (χ2n) is 9.09. The van der Waals surface area contributed by atoms with E-state index in [-0.39, 0.29) is 11.3 Å². The van der Waals surface area contributed by atoms with E-state index in [4.69, 9.17) is 9.47 Å². The minimum atomic E-state index is -0.742. The molecule has 0 aromatic heterocycles. The first-order chi connectivity index (χ1) is 18.5. The third-order valence-corrected chi connectivity index (χ3v) is 6.82. The molecule has 1 aliphatic heterocycles. The lowest BCUT2D eigenvalue weighted by atomic mass is 9.95. The van der Waals surface area contributed by atoms with E-state index in [9.17, 15) is 14.7 Å². The first-order valence-corrected chi connectivity index (χ1v) is 12.9. The van der Waals surface area contributed by atoms with E-state index in [0.29, 0.717) is 41.3 Å². The second kappa shape index (κ2) is 12.4. The molecule has 0 bridgehead atoms. The predicted molar refractivity (Wildman–Crippen MR) is 147 cm³/mol. The van der Waals surface area contributed by atoms with Crippen LogP contribution >= 0.6 is 0 Å². The number of amides is 1. The monoisotopic (exact) mass is 514 g/mol. The van der Waals surface area contributed by atoms with Crippen LogP contribution in [0.5, 0.6) is 17.2 Å². The molecule has 38 heavy (non-hydrogen) atoms.